The SMILES string of the molecule is CCCCCCCC/C=C/CCCCCCCCCCCC(=O)OCCCCCC. The van der Waals surface area contributed by atoms with Gasteiger partial charge in [-0.15, -0.1) is 0 Å². The van der Waals surface area contributed by atoms with E-state index in [1.807, 2.05) is 0 Å². The molecule has 0 saturated heterocycles. The van der Waals surface area contributed by atoms with Gasteiger partial charge in [-0.3, -0.25) is 4.79 Å². The van der Waals surface area contributed by atoms with Gasteiger partial charge in [-0.05, 0) is 38.5 Å². The first kappa shape index (κ1) is 29.2. The number of carbonyl (C=O) groups is 1. The summed E-state index contributed by atoms with van der Waals surface area (Å²) in [6, 6.07) is 0. The highest BCUT2D eigenvalue weighted by Gasteiger charge is 2.02. The molecule has 0 aromatic heterocycles. The molecule has 0 fully saturated rings. The summed E-state index contributed by atoms with van der Waals surface area (Å²) in [4.78, 5) is 11.6. The Morgan fingerprint density at radius 1 is 0.533 bits per heavy atom. The van der Waals surface area contributed by atoms with Crippen LogP contribution in [0.5, 0.6) is 0 Å². The minimum absolute atomic E-state index is 0.00696. The monoisotopic (exact) mass is 422 g/mol. The predicted molar refractivity (Wildman–Crippen MR) is 133 cm³/mol. The Morgan fingerprint density at radius 3 is 1.43 bits per heavy atom. The molecule has 0 saturated carbocycles. The first-order chi connectivity index (χ1) is 14.8. The van der Waals surface area contributed by atoms with Gasteiger partial charge >= 0.3 is 5.97 Å². The summed E-state index contributed by atoms with van der Waals surface area (Å²) < 4.78 is 5.28. The fourth-order valence-electron chi connectivity index (χ4n) is 3.83. The molecule has 0 aliphatic heterocycles. The van der Waals surface area contributed by atoms with Gasteiger partial charge in [0.15, 0.2) is 0 Å². The maximum Gasteiger partial charge on any atom is 0.305 e. The van der Waals surface area contributed by atoms with Gasteiger partial charge in [0.25, 0.3) is 0 Å². The number of hydrogen-bond donors (Lipinski definition) is 0. The average molecular weight is 423 g/mol. The van der Waals surface area contributed by atoms with Gasteiger partial charge in [0.05, 0.1) is 6.61 Å². The van der Waals surface area contributed by atoms with Crippen molar-refractivity contribution in [2.45, 2.75) is 155 Å². The van der Waals surface area contributed by atoms with E-state index < -0.39 is 0 Å². The van der Waals surface area contributed by atoms with Crippen LogP contribution in [0.2, 0.25) is 0 Å². The lowest BCUT2D eigenvalue weighted by atomic mass is 10.1. The van der Waals surface area contributed by atoms with Crippen LogP contribution in [0.25, 0.3) is 0 Å². The Balaban J connectivity index is 3.15. The molecule has 0 amide bonds. The number of rotatable bonds is 24. The molecule has 0 spiro atoms. The molecule has 0 radical (unpaired) electrons. The first-order valence-electron chi connectivity index (χ1n) is 13.6. The zero-order valence-corrected chi connectivity index (χ0v) is 20.7. The molecule has 0 unspecified atom stereocenters. The molecule has 0 aromatic carbocycles. The summed E-state index contributed by atoms with van der Waals surface area (Å²) in [6.07, 6.45) is 32.7. The molecule has 178 valence electrons. The summed E-state index contributed by atoms with van der Waals surface area (Å²) in [6.45, 7) is 5.10. The van der Waals surface area contributed by atoms with Crippen LogP contribution in [0.4, 0.5) is 0 Å². The minimum Gasteiger partial charge on any atom is -0.466 e. The van der Waals surface area contributed by atoms with Crippen molar-refractivity contribution in [2.75, 3.05) is 6.61 Å². The molecule has 0 rings (SSSR count). The molecule has 0 aliphatic carbocycles. The normalized spacial score (nSPS) is 11.4. The van der Waals surface area contributed by atoms with Crippen LogP contribution in [0.15, 0.2) is 12.2 Å². The highest BCUT2D eigenvalue weighted by Crippen LogP contribution is 2.12. The second-order valence-electron chi connectivity index (χ2n) is 9.03. The quantitative estimate of drug-likeness (QED) is 0.0878. The average Bonchev–Trinajstić information content (AvgIpc) is 2.75. The highest BCUT2D eigenvalue weighted by atomic mass is 16.5. The molecule has 0 bridgehead atoms. The van der Waals surface area contributed by atoms with Gasteiger partial charge in [-0.25, -0.2) is 0 Å². The van der Waals surface area contributed by atoms with Crippen LogP contribution in [-0.2, 0) is 9.53 Å². The Kier molecular flexibility index (Phi) is 25.6. The highest BCUT2D eigenvalue weighted by molar-refractivity contribution is 5.69. The standard InChI is InChI=1S/C28H54O2/c1-3-5-7-9-10-11-12-13-14-15-16-17-18-19-20-21-22-23-24-26-28(29)30-27-25-8-6-4-2/h13-14H,3-12,15-27H2,1-2H3/b14-13+. The number of ether oxygens (including phenoxy) is 1. The topological polar surface area (TPSA) is 26.3 Å². The molecular formula is C28H54O2. The van der Waals surface area contributed by atoms with Crippen molar-refractivity contribution < 1.29 is 9.53 Å². The number of carbonyl (C=O) groups excluding carboxylic acids is 1. The molecule has 0 atom stereocenters. The lowest BCUT2D eigenvalue weighted by Gasteiger charge is -2.05. The Hall–Kier alpha value is -0.790. The number of unbranched alkanes of at least 4 members (excludes halogenated alkanes) is 18. The van der Waals surface area contributed by atoms with E-state index in [0.29, 0.717) is 13.0 Å². The van der Waals surface area contributed by atoms with Crippen molar-refractivity contribution in [2.24, 2.45) is 0 Å². The largest absolute Gasteiger partial charge is 0.466 e. The summed E-state index contributed by atoms with van der Waals surface area (Å²) in [7, 11) is 0. The van der Waals surface area contributed by atoms with Crippen LogP contribution in [-0.4, -0.2) is 12.6 Å². The number of hydrogen-bond acceptors (Lipinski definition) is 2. The third-order valence-corrected chi connectivity index (χ3v) is 5.90. The maximum absolute atomic E-state index is 11.6. The van der Waals surface area contributed by atoms with E-state index in [0.717, 1.165) is 12.8 Å². The Labute approximate surface area is 189 Å². The van der Waals surface area contributed by atoms with E-state index in [1.54, 1.807) is 0 Å². The van der Waals surface area contributed by atoms with E-state index in [1.165, 1.54) is 122 Å². The molecule has 0 aliphatic rings. The zero-order chi connectivity index (χ0) is 22.0. The van der Waals surface area contributed by atoms with Crippen LogP contribution in [0.1, 0.15) is 155 Å². The molecular weight excluding hydrogens is 368 g/mol. The van der Waals surface area contributed by atoms with E-state index in [9.17, 15) is 4.79 Å². The number of esters is 1. The van der Waals surface area contributed by atoms with E-state index in [2.05, 4.69) is 26.0 Å². The van der Waals surface area contributed by atoms with Crippen LogP contribution >= 0.6 is 0 Å². The van der Waals surface area contributed by atoms with Gasteiger partial charge < -0.3 is 4.74 Å². The third kappa shape index (κ3) is 25.2. The summed E-state index contributed by atoms with van der Waals surface area (Å²) in [5.41, 5.74) is 0. The van der Waals surface area contributed by atoms with Crippen molar-refractivity contribution in [1.29, 1.82) is 0 Å². The lowest BCUT2D eigenvalue weighted by molar-refractivity contribution is -0.143. The summed E-state index contributed by atoms with van der Waals surface area (Å²) >= 11 is 0. The van der Waals surface area contributed by atoms with Crippen molar-refractivity contribution in [3.05, 3.63) is 12.2 Å². The van der Waals surface area contributed by atoms with E-state index >= 15 is 0 Å². The van der Waals surface area contributed by atoms with Crippen LogP contribution < -0.4 is 0 Å². The predicted octanol–water partition coefficient (Wildman–Crippen LogP) is 9.71. The second kappa shape index (κ2) is 26.2. The van der Waals surface area contributed by atoms with Gasteiger partial charge in [0.2, 0.25) is 0 Å². The van der Waals surface area contributed by atoms with Gasteiger partial charge in [0, 0.05) is 6.42 Å². The third-order valence-electron chi connectivity index (χ3n) is 5.90. The minimum atomic E-state index is 0.00696. The second-order valence-corrected chi connectivity index (χ2v) is 9.03. The van der Waals surface area contributed by atoms with Crippen LogP contribution in [0, 0.1) is 0 Å². The molecule has 2 nitrogen and oxygen atoms in total. The summed E-state index contributed by atoms with van der Waals surface area (Å²) in [5, 5.41) is 0. The Morgan fingerprint density at radius 2 is 0.933 bits per heavy atom. The molecule has 0 N–H and O–H groups in total. The fourth-order valence-corrected chi connectivity index (χ4v) is 3.83. The smallest absolute Gasteiger partial charge is 0.305 e. The van der Waals surface area contributed by atoms with Gasteiger partial charge in [-0.2, -0.15) is 0 Å². The van der Waals surface area contributed by atoms with Crippen molar-refractivity contribution in [3.63, 3.8) is 0 Å². The first-order valence-corrected chi connectivity index (χ1v) is 13.6. The van der Waals surface area contributed by atoms with Gasteiger partial charge in [0.1, 0.15) is 0 Å². The van der Waals surface area contributed by atoms with E-state index in [-0.39, 0.29) is 5.97 Å². The molecule has 30 heavy (non-hydrogen) atoms. The lowest BCUT2D eigenvalue weighted by Crippen LogP contribution is -2.05. The van der Waals surface area contributed by atoms with E-state index in [4.69, 9.17) is 4.74 Å². The summed E-state index contributed by atoms with van der Waals surface area (Å²) in [5.74, 6) is 0.00696. The van der Waals surface area contributed by atoms with Crippen molar-refractivity contribution in [3.8, 4) is 0 Å². The molecule has 2 heteroatoms. The molecule has 0 aromatic rings. The van der Waals surface area contributed by atoms with Crippen molar-refractivity contribution in [1.82, 2.24) is 0 Å². The van der Waals surface area contributed by atoms with Gasteiger partial charge in [-0.1, -0.05) is 122 Å². The maximum atomic E-state index is 11.6. The van der Waals surface area contributed by atoms with Crippen LogP contribution in [0.3, 0.4) is 0 Å². The Bertz CT molecular complexity index is 362. The fraction of sp³-hybridized carbons (Fsp3) is 0.893. The number of allylic oxidation sites excluding steroid dienone is 2. The molecule has 0 heterocycles. The zero-order valence-electron chi connectivity index (χ0n) is 20.7. The van der Waals surface area contributed by atoms with Crippen molar-refractivity contribution >= 4 is 5.97 Å².